The summed E-state index contributed by atoms with van der Waals surface area (Å²) in [6, 6.07) is 11.4. The highest BCUT2D eigenvalue weighted by Gasteiger charge is 2.48. The van der Waals surface area contributed by atoms with Crippen molar-refractivity contribution in [1.29, 1.82) is 0 Å². The highest BCUT2D eigenvalue weighted by Crippen LogP contribution is 2.26. The van der Waals surface area contributed by atoms with E-state index in [1.165, 1.54) is 12.1 Å². The number of halogens is 4. The van der Waals surface area contributed by atoms with Crippen molar-refractivity contribution in [1.82, 2.24) is 0 Å². The molecule has 2 aromatic carbocycles. The molecule has 0 amide bonds. The zero-order valence-corrected chi connectivity index (χ0v) is 10.7. The molecule has 0 spiro atoms. The predicted molar refractivity (Wildman–Crippen MR) is 68.9 cm³/mol. The van der Waals surface area contributed by atoms with E-state index in [-0.39, 0.29) is 5.56 Å². The second kappa shape index (κ2) is 5.63. The summed E-state index contributed by atoms with van der Waals surface area (Å²) < 4.78 is 49.7. The van der Waals surface area contributed by atoms with Crippen LogP contribution in [0.15, 0.2) is 42.5 Å². The van der Waals surface area contributed by atoms with Crippen LogP contribution in [0.1, 0.15) is 16.8 Å². The number of rotatable bonds is 5. The Morgan fingerprint density at radius 2 is 1.62 bits per heavy atom. The highest BCUT2D eigenvalue weighted by molar-refractivity contribution is 6.11. The molecule has 0 heterocycles. The molecule has 0 radical (unpaired) electrons. The Morgan fingerprint density at radius 1 is 1.00 bits per heavy atom. The summed E-state index contributed by atoms with van der Waals surface area (Å²) in [5.74, 6) is -7.78. The molecule has 0 unspecified atom stereocenters. The number of carbonyl (C=O) groups excluding carboxylic acids is 2. The number of Topliss-reactive ketones (excluding diaryl/α,β-unsaturated/α-hetero) is 2. The average molecular weight is 298 g/mol. The quantitative estimate of drug-likeness (QED) is 0.477. The molecule has 0 aliphatic rings. The largest absolute Gasteiger partial charge is 0.364 e. The van der Waals surface area contributed by atoms with Crippen LogP contribution in [0.3, 0.4) is 0 Å². The number of fused-ring (bicyclic) bond motifs is 1. The lowest BCUT2D eigenvalue weighted by Crippen LogP contribution is -2.37. The third-order valence-corrected chi connectivity index (χ3v) is 3.04. The maximum Gasteiger partial charge on any atom is 0.364 e. The van der Waals surface area contributed by atoms with Crippen molar-refractivity contribution >= 4 is 22.3 Å². The van der Waals surface area contributed by atoms with Gasteiger partial charge in [-0.1, -0.05) is 36.4 Å². The lowest BCUT2D eigenvalue weighted by Gasteiger charge is -2.13. The van der Waals surface area contributed by atoms with Gasteiger partial charge in [-0.2, -0.15) is 8.78 Å². The number of benzene rings is 2. The van der Waals surface area contributed by atoms with E-state index in [0.29, 0.717) is 5.39 Å². The summed E-state index contributed by atoms with van der Waals surface area (Å²) >= 11 is 0. The van der Waals surface area contributed by atoms with Gasteiger partial charge in [-0.15, -0.1) is 0 Å². The summed E-state index contributed by atoms with van der Waals surface area (Å²) in [5.41, 5.74) is 0.0344. The summed E-state index contributed by atoms with van der Waals surface area (Å²) in [4.78, 5) is 22.9. The molecule has 0 bridgehead atoms. The molecule has 21 heavy (non-hydrogen) atoms. The second-order valence-electron chi connectivity index (χ2n) is 4.51. The van der Waals surface area contributed by atoms with Crippen LogP contribution in [-0.2, 0) is 4.79 Å². The van der Waals surface area contributed by atoms with Gasteiger partial charge in [0.05, 0.1) is 6.42 Å². The van der Waals surface area contributed by atoms with Crippen LogP contribution >= 0.6 is 0 Å². The fourth-order valence-corrected chi connectivity index (χ4v) is 1.85. The van der Waals surface area contributed by atoms with E-state index in [9.17, 15) is 27.2 Å². The first-order chi connectivity index (χ1) is 9.82. The van der Waals surface area contributed by atoms with Gasteiger partial charge in [0.1, 0.15) is 0 Å². The first-order valence-corrected chi connectivity index (χ1v) is 6.03. The van der Waals surface area contributed by atoms with E-state index in [1.807, 2.05) is 0 Å². The minimum Gasteiger partial charge on any atom is -0.294 e. The average Bonchev–Trinajstić information content (AvgIpc) is 2.46. The Kier molecular flexibility index (Phi) is 4.06. The Balaban J connectivity index is 2.21. The molecular weight excluding hydrogens is 288 g/mol. The van der Waals surface area contributed by atoms with E-state index in [1.54, 1.807) is 30.3 Å². The van der Waals surface area contributed by atoms with Gasteiger partial charge in [-0.3, -0.25) is 9.59 Å². The van der Waals surface area contributed by atoms with Crippen molar-refractivity contribution in [3.8, 4) is 0 Å². The maximum absolute atomic E-state index is 12.8. The van der Waals surface area contributed by atoms with Crippen molar-refractivity contribution in [3.05, 3.63) is 48.0 Å². The topological polar surface area (TPSA) is 34.1 Å². The minimum atomic E-state index is -4.80. The summed E-state index contributed by atoms with van der Waals surface area (Å²) in [5, 5.41) is 1.52. The Morgan fingerprint density at radius 3 is 2.24 bits per heavy atom. The van der Waals surface area contributed by atoms with E-state index < -0.39 is 30.3 Å². The van der Waals surface area contributed by atoms with Crippen LogP contribution in [0.4, 0.5) is 17.6 Å². The predicted octanol–water partition coefficient (Wildman–Crippen LogP) is 3.88. The fraction of sp³-hybridized carbons (Fsp3) is 0.200. The van der Waals surface area contributed by atoms with E-state index in [0.717, 1.165) is 5.39 Å². The standard InChI is InChI=1S/C15H10F4O2/c16-14(17)15(18,19)13(21)8-12(20)11-6-5-9-3-1-2-4-10(9)7-11/h1-7,14H,8H2. The van der Waals surface area contributed by atoms with Gasteiger partial charge in [-0.25, -0.2) is 8.78 Å². The van der Waals surface area contributed by atoms with Gasteiger partial charge < -0.3 is 0 Å². The lowest BCUT2D eigenvalue weighted by molar-refractivity contribution is -0.166. The molecule has 0 aromatic heterocycles. The lowest BCUT2D eigenvalue weighted by atomic mass is 10.00. The number of carbonyl (C=O) groups is 2. The fourth-order valence-electron chi connectivity index (χ4n) is 1.85. The van der Waals surface area contributed by atoms with E-state index in [4.69, 9.17) is 0 Å². The van der Waals surface area contributed by atoms with Crippen LogP contribution in [0.2, 0.25) is 0 Å². The molecule has 0 saturated heterocycles. The number of alkyl halides is 4. The molecule has 0 fully saturated rings. The molecule has 6 heteroatoms. The van der Waals surface area contributed by atoms with Crippen molar-refractivity contribution in [2.45, 2.75) is 18.8 Å². The summed E-state index contributed by atoms with van der Waals surface area (Å²) in [6.07, 6.45) is -5.37. The number of hydrogen-bond acceptors (Lipinski definition) is 2. The van der Waals surface area contributed by atoms with Crippen LogP contribution < -0.4 is 0 Å². The molecule has 2 rings (SSSR count). The van der Waals surface area contributed by atoms with Crippen molar-refractivity contribution in [3.63, 3.8) is 0 Å². The third-order valence-electron chi connectivity index (χ3n) is 3.04. The van der Waals surface area contributed by atoms with Crippen molar-refractivity contribution in [2.75, 3.05) is 0 Å². The van der Waals surface area contributed by atoms with E-state index in [2.05, 4.69) is 0 Å². The second-order valence-corrected chi connectivity index (χ2v) is 4.51. The normalized spacial score (nSPS) is 11.9. The molecule has 0 N–H and O–H groups in total. The van der Waals surface area contributed by atoms with Crippen molar-refractivity contribution in [2.24, 2.45) is 0 Å². The SMILES string of the molecule is O=C(CC(=O)C(F)(F)C(F)F)c1ccc2ccccc2c1. The minimum absolute atomic E-state index is 0.0344. The molecule has 2 nitrogen and oxygen atoms in total. The summed E-state index contributed by atoms with van der Waals surface area (Å²) in [6.45, 7) is 0. The van der Waals surface area contributed by atoms with Gasteiger partial charge in [0.25, 0.3) is 0 Å². The van der Waals surface area contributed by atoms with Crippen LogP contribution in [0.25, 0.3) is 10.8 Å². The molecule has 2 aromatic rings. The summed E-state index contributed by atoms with van der Waals surface area (Å²) in [7, 11) is 0. The smallest absolute Gasteiger partial charge is 0.294 e. The zero-order chi connectivity index (χ0) is 15.6. The first-order valence-electron chi connectivity index (χ1n) is 6.03. The van der Waals surface area contributed by atoms with Crippen molar-refractivity contribution < 1.29 is 27.2 Å². The molecule has 0 atom stereocenters. The van der Waals surface area contributed by atoms with Crippen LogP contribution in [-0.4, -0.2) is 23.9 Å². The highest BCUT2D eigenvalue weighted by atomic mass is 19.3. The maximum atomic E-state index is 12.8. The number of hydrogen-bond donors (Lipinski definition) is 0. The molecular formula is C15H10F4O2. The monoisotopic (exact) mass is 298 g/mol. The van der Waals surface area contributed by atoms with Gasteiger partial charge in [-0.05, 0) is 16.8 Å². The number of ketones is 2. The van der Waals surface area contributed by atoms with Gasteiger partial charge in [0, 0.05) is 5.56 Å². The van der Waals surface area contributed by atoms with Gasteiger partial charge in [0.2, 0.25) is 5.78 Å². The third kappa shape index (κ3) is 3.09. The Bertz CT molecular complexity index is 695. The van der Waals surface area contributed by atoms with Gasteiger partial charge in [0.15, 0.2) is 5.78 Å². The molecule has 0 aliphatic heterocycles. The molecule has 110 valence electrons. The van der Waals surface area contributed by atoms with Crippen LogP contribution in [0.5, 0.6) is 0 Å². The Hall–Kier alpha value is -2.24. The van der Waals surface area contributed by atoms with Gasteiger partial charge >= 0.3 is 12.3 Å². The Labute approximate surface area is 117 Å². The first kappa shape index (κ1) is 15.2. The van der Waals surface area contributed by atoms with Crippen LogP contribution in [0, 0.1) is 0 Å². The molecule has 0 aliphatic carbocycles. The van der Waals surface area contributed by atoms with E-state index >= 15 is 0 Å². The zero-order valence-electron chi connectivity index (χ0n) is 10.7. The molecule has 0 saturated carbocycles.